The van der Waals surface area contributed by atoms with Gasteiger partial charge in [-0.3, -0.25) is 9.20 Å². The van der Waals surface area contributed by atoms with E-state index in [2.05, 4.69) is 4.98 Å². The quantitative estimate of drug-likeness (QED) is 0.767. The summed E-state index contributed by atoms with van der Waals surface area (Å²) in [6, 6.07) is 6.59. The van der Waals surface area contributed by atoms with Crippen LogP contribution in [0.3, 0.4) is 0 Å². The van der Waals surface area contributed by atoms with Crippen molar-refractivity contribution in [2.45, 2.75) is 25.7 Å². The molecular formula is C19H16N2O4. The smallest absolute Gasteiger partial charge is 0.341 e. The van der Waals surface area contributed by atoms with E-state index in [4.69, 9.17) is 0 Å². The van der Waals surface area contributed by atoms with Gasteiger partial charge in [0, 0.05) is 24.0 Å². The van der Waals surface area contributed by atoms with Crippen LogP contribution in [0.4, 0.5) is 0 Å². The molecule has 6 heteroatoms. The number of aromatic carboxylic acids is 1. The second-order valence-electron chi connectivity index (χ2n) is 6.38. The number of carbonyl (C=O) groups is 1. The Labute approximate surface area is 143 Å². The summed E-state index contributed by atoms with van der Waals surface area (Å²) in [6.45, 7) is 1.92. The normalized spacial score (nSPS) is 14.0. The van der Waals surface area contributed by atoms with Gasteiger partial charge in [0.05, 0.1) is 5.52 Å². The van der Waals surface area contributed by atoms with Crippen molar-refractivity contribution >= 4 is 11.5 Å². The Hall–Kier alpha value is -3.15. The first-order chi connectivity index (χ1) is 12.0. The lowest BCUT2D eigenvalue weighted by molar-refractivity contribution is 0.0694. The van der Waals surface area contributed by atoms with Gasteiger partial charge in [-0.2, -0.15) is 0 Å². The zero-order valence-corrected chi connectivity index (χ0v) is 13.6. The van der Waals surface area contributed by atoms with Gasteiger partial charge in [-0.1, -0.05) is 0 Å². The number of nitrogens with zero attached hydrogens (tertiary/aromatic N) is 2. The Balaban J connectivity index is 2.05. The first-order valence-corrected chi connectivity index (χ1v) is 8.05. The first kappa shape index (κ1) is 15.4. The van der Waals surface area contributed by atoms with Crippen LogP contribution in [0.5, 0.6) is 5.88 Å². The summed E-state index contributed by atoms with van der Waals surface area (Å²) in [5.74, 6) is -0.963. The van der Waals surface area contributed by atoms with Gasteiger partial charge in [0.15, 0.2) is 0 Å². The minimum absolute atomic E-state index is 0.0526. The van der Waals surface area contributed by atoms with Gasteiger partial charge in [0.2, 0.25) is 5.88 Å². The van der Waals surface area contributed by atoms with Crippen LogP contribution in [0.2, 0.25) is 0 Å². The summed E-state index contributed by atoms with van der Waals surface area (Å²) < 4.78 is 1.43. The van der Waals surface area contributed by atoms with Crippen molar-refractivity contribution in [1.82, 2.24) is 9.38 Å². The second-order valence-corrected chi connectivity index (χ2v) is 6.38. The van der Waals surface area contributed by atoms with Crippen molar-refractivity contribution in [2.75, 3.05) is 0 Å². The molecule has 3 aromatic rings. The van der Waals surface area contributed by atoms with Crippen LogP contribution in [0.25, 0.3) is 16.6 Å². The molecule has 6 nitrogen and oxygen atoms in total. The lowest BCUT2D eigenvalue weighted by atomic mass is 9.97. The van der Waals surface area contributed by atoms with E-state index in [1.807, 2.05) is 6.92 Å². The molecule has 0 aromatic carbocycles. The SMILES string of the molecule is Cc1c(-c2ccc(O)nc2)ccn2c(=O)c(C(=O)O)cc(C3CC3)c12. The van der Waals surface area contributed by atoms with E-state index in [1.165, 1.54) is 16.5 Å². The van der Waals surface area contributed by atoms with Crippen molar-refractivity contribution in [3.8, 4) is 17.0 Å². The molecule has 0 spiro atoms. The average Bonchev–Trinajstić information content (AvgIpc) is 3.41. The third kappa shape index (κ3) is 2.46. The van der Waals surface area contributed by atoms with Gasteiger partial charge in [0.1, 0.15) is 5.56 Å². The topological polar surface area (TPSA) is 91.9 Å². The van der Waals surface area contributed by atoms with E-state index >= 15 is 0 Å². The Kier molecular flexibility index (Phi) is 3.35. The predicted octanol–water partition coefficient (Wildman–Crippen LogP) is 2.95. The molecule has 126 valence electrons. The van der Waals surface area contributed by atoms with Crippen molar-refractivity contribution in [1.29, 1.82) is 0 Å². The first-order valence-electron chi connectivity index (χ1n) is 8.05. The Bertz CT molecular complexity index is 1060. The molecule has 0 atom stereocenters. The maximum absolute atomic E-state index is 12.5. The van der Waals surface area contributed by atoms with Gasteiger partial charge in [-0.15, -0.1) is 0 Å². The Morgan fingerprint density at radius 2 is 2.04 bits per heavy atom. The van der Waals surface area contributed by atoms with Crippen LogP contribution in [0, 0.1) is 6.92 Å². The largest absolute Gasteiger partial charge is 0.493 e. The molecule has 0 saturated heterocycles. The van der Waals surface area contributed by atoms with Crippen LogP contribution in [-0.2, 0) is 0 Å². The number of aromatic hydroxyl groups is 1. The zero-order chi connectivity index (χ0) is 17.7. The zero-order valence-electron chi connectivity index (χ0n) is 13.6. The number of carboxylic acids is 1. The summed E-state index contributed by atoms with van der Waals surface area (Å²) in [7, 11) is 0. The van der Waals surface area contributed by atoms with E-state index in [-0.39, 0.29) is 11.4 Å². The fraction of sp³-hybridized carbons (Fsp3) is 0.211. The highest BCUT2D eigenvalue weighted by atomic mass is 16.4. The highest BCUT2D eigenvalue weighted by molar-refractivity contribution is 5.89. The molecule has 4 rings (SSSR count). The monoisotopic (exact) mass is 336 g/mol. The fourth-order valence-corrected chi connectivity index (χ4v) is 3.31. The van der Waals surface area contributed by atoms with Crippen LogP contribution in [-0.4, -0.2) is 25.6 Å². The van der Waals surface area contributed by atoms with Gasteiger partial charge < -0.3 is 10.2 Å². The molecule has 1 saturated carbocycles. The van der Waals surface area contributed by atoms with Crippen molar-refractivity contribution in [3.63, 3.8) is 0 Å². The summed E-state index contributed by atoms with van der Waals surface area (Å²) in [4.78, 5) is 27.9. The number of aromatic nitrogens is 2. The number of aryl methyl sites for hydroxylation is 1. The van der Waals surface area contributed by atoms with Crippen LogP contribution >= 0.6 is 0 Å². The van der Waals surface area contributed by atoms with Crippen molar-refractivity contribution in [2.24, 2.45) is 0 Å². The molecule has 3 aromatic heterocycles. The van der Waals surface area contributed by atoms with Crippen LogP contribution in [0.1, 0.15) is 40.2 Å². The van der Waals surface area contributed by atoms with Crippen molar-refractivity contribution in [3.05, 3.63) is 63.7 Å². The molecule has 0 amide bonds. The van der Waals surface area contributed by atoms with E-state index in [0.717, 1.165) is 40.6 Å². The Morgan fingerprint density at radius 1 is 1.28 bits per heavy atom. The number of pyridine rings is 3. The lowest BCUT2D eigenvalue weighted by Gasteiger charge is -2.15. The summed E-state index contributed by atoms with van der Waals surface area (Å²) in [6.07, 6.45) is 5.19. The fourth-order valence-electron chi connectivity index (χ4n) is 3.31. The minimum Gasteiger partial charge on any atom is -0.493 e. The van der Waals surface area contributed by atoms with Gasteiger partial charge in [0.25, 0.3) is 5.56 Å². The third-order valence-corrected chi connectivity index (χ3v) is 4.72. The predicted molar refractivity (Wildman–Crippen MR) is 92.2 cm³/mol. The van der Waals surface area contributed by atoms with Crippen LogP contribution < -0.4 is 5.56 Å². The van der Waals surface area contributed by atoms with Crippen molar-refractivity contribution < 1.29 is 15.0 Å². The summed E-state index contributed by atoms with van der Waals surface area (Å²) >= 11 is 0. The van der Waals surface area contributed by atoms with Gasteiger partial charge in [-0.05, 0) is 60.6 Å². The van der Waals surface area contributed by atoms with E-state index < -0.39 is 11.5 Å². The van der Waals surface area contributed by atoms with Crippen LogP contribution in [0.15, 0.2) is 41.5 Å². The number of hydrogen-bond acceptors (Lipinski definition) is 4. The molecule has 0 radical (unpaired) electrons. The standard InChI is InChI=1S/C19H16N2O4/c1-10-13(12-4-5-16(22)20-9-12)6-7-21-17(10)14(11-2-3-11)8-15(18(21)23)19(24)25/h4-9,11H,2-3H2,1H3,(H,20,22)(H,24,25). The number of rotatable bonds is 3. The molecule has 0 unspecified atom stereocenters. The third-order valence-electron chi connectivity index (χ3n) is 4.72. The molecule has 1 aliphatic rings. The van der Waals surface area contributed by atoms with Gasteiger partial charge >= 0.3 is 5.97 Å². The second kappa shape index (κ2) is 5.44. The molecule has 25 heavy (non-hydrogen) atoms. The van der Waals surface area contributed by atoms with Gasteiger partial charge in [-0.25, -0.2) is 9.78 Å². The van der Waals surface area contributed by atoms with E-state index in [9.17, 15) is 19.8 Å². The molecule has 1 aliphatic carbocycles. The molecule has 2 N–H and O–H groups in total. The molecule has 0 aliphatic heterocycles. The minimum atomic E-state index is -1.20. The molecule has 0 bridgehead atoms. The molecular weight excluding hydrogens is 320 g/mol. The number of fused-ring (bicyclic) bond motifs is 1. The highest BCUT2D eigenvalue weighted by Gasteiger charge is 2.29. The maximum Gasteiger partial charge on any atom is 0.341 e. The highest BCUT2D eigenvalue weighted by Crippen LogP contribution is 2.43. The van der Waals surface area contributed by atoms with E-state index in [0.29, 0.717) is 5.92 Å². The lowest BCUT2D eigenvalue weighted by Crippen LogP contribution is -2.23. The number of hydrogen-bond donors (Lipinski definition) is 2. The summed E-state index contributed by atoms with van der Waals surface area (Å²) in [5.41, 5.74) is 3.58. The molecule has 1 fully saturated rings. The summed E-state index contributed by atoms with van der Waals surface area (Å²) in [5, 5.41) is 18.7. The number of carboxylic acid groups (broad SMARTS) is 1. The van der Waals surface area contributed by atoms with E-state index in [1.54, 1.807) is 24.5 Å². The Morgan fingerprint density at radius 3 is 2.64 bits per heavy atom. The average molecular weight is 336 g/mol. The molecule has 3 heterocycles. The maximum atomic E-state index is 12.5.